The Labute approximate surface area is 157 Å². The first-order valence-electron chi connectivity index (χ1n) is 9.31. The van der Waals surface area contributed by atoms with E-state index in [0.29, 0.717) is 0 Å². The number of amides is 2. The van der Waals surface area contributed by atoms with E-state index in [0.717, 1.165) is 23.7 Å². The van der Waals surface area contributed by atoms with E-state index >= 15 is 0 Å². The number of ether oxygens (including phenoxy) is 1. The lowest BCUT2D eigenvalue weighted by molar-refractivity contribution is -0.162. The molecule has 7 heteroatoms. The Morgan fingerprint density at radius 1 is 1.15 bits per heavy atom. The van der Waals surface area contributed by atoms with Gasteiger partial charge >= 0.3 is 6.09 Å². The normalized spacial score (nSPS) is 20.7. The lowest BCUT2D eigenvalue weighted by Crippen LogP contribution is -2.65. The monoisotopic (exact) mass is 378 g/mol. The van der Waals surface area contributed by atoms with Crippen LogP contribution in [0.1, 0.15) is 53.1 Å². The summed E-state index contributed by atoms with van der Waals surface area (Å²) in [6.07, 6.45) is 2.07. The molecule has 2 heterocycles. The summed E-state index contributed by atoms with van der Waals surface area (Å²) < 4.78 is 11.9. The van der Waals surface area contributed by atoms with Gasteiger partial charge in [0.05, 0.1) is 0 Å². The smallest absolute Gasteiger partial charge is 0.417 e. The minimum absolute atomic E-state index is 0.312. The molecule has 1 aliphatic heterocycles. The number of β-lactam (4-membered cyclic amide) rings is 1. The van der Waals surface area contributed by atoms with E-state index in [1.807, 2.05) is 12.1 Å². The molecule has 1 fully saturated rings. The molecular formula is C19H30N2O4Si. The van der Waals surface area contributed by atoms with Crippen LogP contribution in [0.15, 0.2) is 24.5 Å². The van der Waals surface area contributed by atoms with Crippen molar-refractivity contribution in [3.8, 4) is 0 Å². The van der Waals surface area contributed by atoms with Crippen LogP contribution in [0, 0.1) is 0 Å². The summed E-state index contributed by atoms with van der Waals surface area (Å²) in [5.74, 6) is -0.312. The van der Waals surface area contributed by atoms with Gasteiger partial charge in [0.15, 0.2) is 14.4 Å². The topological polar surface area (TPSA) is 68.7 Å². The van der Waals surface area contributed by atoms with E-state index in [2.05, 4.69) is 25.8 Å². The molecule has 0 aliphatic carbocycles. The van der Waals surface area contributed by atoms with Gasteiger partial charge in [-0.2, -0.15) is 0 Å². The Kier molecular flexibility index (Phi) is 6.23. The zero-order valence-electron chi connectivity index (χ0n) is 16.6. The average molecular weight is 379 g/mol. The largest absolute Gasteiger partial charge is 0.443 e. The SMILES string of the molecule is CC[Si](CC)(CC)OC1C(=O)N(C(=O)OC(C)(C)C)C1c1ccncc1. The lowest BCUT2D eigenvalue weighted by atomic mass is 9.92. The molecule has 2 rings (SSSR count). The highest BCUT2D eigenvalue weighted by molar-refractivity contribution is 6.73. The highest BCUT2D eigenvalue weighted by atomic mass is 28.4. The van der Waals surface area contributed by atoms with Crippen LogP contribution in [0.2, 0.25) is 18.1 Å². The molecule has 0 bridgehead atoms. The van der Waals surface area contributed by atoms with Gasteiger partial charge in [-0.1, -0.05) is 20.8 Å². The van der Waals surface area contributed by atoms with Gasteiger partial charge in [-0.3, -0.25) is 9.78 Å². The minimum Gasteiger partial charge on any atom is -0.443 e. The summed E-state index contributed by atoms with van der Waals surface area (Å²) in [5, 5.41) is 0. The third-order valence-corrected chi connectivity index (χ3v) is 9.61. The number of aromatic nitrogens is 1. The van der Waals surface area contributed by atoms with Gasteiger partial charge in [0, 0.05) is 12.4 Å². The van der Waals surface area contributed by atoms with Crippen LogP contribution < -0.4 is 0 Å². The molecule has 0 radical (unpaired) electrons. The zero-order valence-corrected chi connectivity index (χ0v) is 17.6. The van der Waals surface area contributed by atoms with Crippen LogP contribution in [-0.2, 0) is 14.0 Å². The van der Waals surface area contributed by atoms with Crippen molar-refractivity contribution in [1.82, 2.24) is 9.88 Å². The number of carbonyl (C=O) groups is 2. The first-order chi connectivity index (χ1) is 12.2. The molecule has 0 N–H and O–H groups in total. The number of rotatable bonds is 6. The van der Waals surface area contributed by atoms with Crippen LogP contribution in [0.3, 0.4) is 0 Å². The highest BCUT2D eigenvalue weighted by Gasteiger charge is 2.55. The summed E-state index contributed by atoms with van der Waals surface area (Å²) in [7, 11) is -1.99. The Balaban J connectivity index is 2.32. The molecule has 1 aromatic heterocycles. The Morgan fingerprint density at radius 3 is 2.15 bits per heavy atom. The molecule has 1 aromatic rings. The van der Waals surface area contributed by atoms with Crippen molar-refractivity contribution in [1.29, 1.82) is 0 Å². The van der Waals surface area contributed by atoms with Gasteiger partial charge in [0.25, 0.3) is 5.91 Å². The van der Waals surface area contributed by atoms with Gasteiger partial charge in [-0.05, 0) is 56.6 Å². The Hall–Kier alpha value is -1.73. The molecule has 0 saturated carbocycles. The van der Waals surface area contributed by atoms with E-state index in [4.69, 9.17) is 9.16 Å². The standard InChI is InChI=1S/C19H30N2O4Si/c1-7-26(8-2,9-3)25-16-15(14-10-12-20-13-11-14)21(17(16)22)18(23)24-19(4,5)6/h10-13,15-16H,7-9H2,1-6H3. The van der Waals surface area contributed by atoms with E-state index < -0.39 is 32.2 Å². The maximum atomic E-state index is 12.8. The Bertz CT molecular complexity index is 632. The second-order valence-electron chi connectivity index (χ2n) is 7.70. The molecule has 2 unspecified atom stereocenters. The number of imide groups is 1. The summed E-state index contributed by atoms with van der Waals surface area (Å²) in [6.45, 7) is 11.7. The van der Waals surface area contributed by atoms with E-state index in [1.54, 1.807) is 33.2 Å². The van der Waals surface area contributed by atoms with Crippen LogP contribution in [-0.4, -0.2) is 41.9 Å². The molecule has 1 aliphatic rings. The van der Waals surface area contributed by atoms with Gasteiger partial charge in [-0.25, -0.2) is 9.69 Å². The third kappa shape index (κ3) is 4.15. The summed E-state index contributed by atoms with van der Waals surface area (Å²) in [4.78, 5) is 30.6. The molecule has 2 atom stereocenters. The van der Waals surface area contributed by atoms with E-state index in [-0.39, 0.29) is 5.91 Å². The van der Waals surface area contributed by atoms with Gasteiger partial charge in [-0.15, -0.1) is 0 Å². The fraction of sp³-hybridized carbons (Fsp3) is 0.632. The number of pyridine rings is 1. The lowest BCUT2D eigenvalue weighted by Gasteiger charge is -2.48. The molecule has 0 aromatic carbocycles. The fourth-order valence-electron chi connectivity index (χ4n) is 3.25. The van der Waals surface area contributed by atoms with Crippen LogP contribution >= 0.6 is 0 Å². The van der Waals surface area contributed by atoms with E-state index in [1.165, 1.54) is 4.90 Å². The summed E-state index contributed by atoms with van der Waals surface area (Å²) in [6, 6.07) is 6.00. The molecule has 26 heavy (non-hydrogen) atoms. The summed E-state index contributed by atoms with van der Waals surface area (Å²) >= 11 is 0. The van der Waals surface area contributed by atoms with Crippen LogP contribution in [0.5, 0.6) is 0 Å². The van der Waals surface area contributed by atoms with Crippen molar-refractivity contribution in [3.63, 3.8) is 0 Å². The van der Waals surface area contributed by atoms with Gasteiger partial charge in [0.1, 0.15) is 11.6 Å². The summed E-state index contributed by atoms with van der Waals surface area (Å²) in [5.41, 5.74) is 0.169. The number of carbonyl (C=O) groups excluding carboxylic acids is 2. The van der Waals surface area contributed by atoms with Gasteiger partial charge in [0.2, 0.25) is 0 Å². The molecule has 0 spiro atoms. The number of hydrogen-bond donors (Lipinski definition) is 0. The molecule has 1 saturated heterocycles. The second kappa shape index (κ2) is 7.88. The van der Waals surface area contributed by atoms with Gasteiger partial charge < -0.3 is 9.16 Å². The van der Waals surface area contributed by atoms with Crippen molar-refractivity contribution >= 4 is 20.3 Å². The first-order valence-corrected chi connectivity index (χ1v) is 11.8. The first kappa shape index (κ1) is 20.6. The molecule has 6 nitrogen and oxygen atoms in total. The number of hydrogen-bond acceptors (Lipinski definition) is 5. The van der Waals surface area contributed by atoms with Crippen molar-refractivity contribution in [2.45, 2.75) is 77.4 Å². The van der Waals surface area contributed by atoms with Crippen molar-refractivity contribution < 1.29 is 18.8 Å². The van der Waals surface area contributed by atoms with Crippen LogP contribution in [0.25, 0.3) is 0 Å². The molecular weight excluding hydrogens is 348 g/mol. The maximum Gasteiger partial charge on any atom is 0.417 e. The van der Waals surface area contributed by atoms with Crippen molar-refractivity contribution in [2.24, 2.45) is 0 Å². The third-order valence-electron chi connectivity index (χ3n) is 4.99. The predicted molar refractivity (Wildman–Crippen MR) is 102 cm³/mol. The van der Waals surface area contributed by atoms with Crippen molar-refractivity contribution in [2.75, 3.05) is 0 Å². The quantitative estimate of drug-likeness (QED) is 0.545. The fourth-order valence-corrected chi connectivity index (χ4v) is 6.01. The van der Waals surface area contributed by atoms with Crippen LogP contribution in [0.4, 0.5) is 4.79 Å². The molecule has 144 valence electrons. The average Bonchev–Trinajstić information content (AvgIpc) is 2.60. The number of nitrogens with zero attached hydrogens (tertiary/aromatic N) is 2. The minimum atomic E-state index is -1.99. The number of likely N-dealkylation sites (tertiary alicyclic amines) is 1. The maximum absolute atomic E-state index is 12.8. The zero-order chi connectivity index (χ0) is 19.5. The van der Waals surface area contributed by atoms with Crippen molar-refractivity contribution in [3.05, 3.63) is 30.1 Å². The predicted octanol–water partition coefficient (Wildman–Crippen LogP) is 4.29. The van der Waals surface area contributed by atoms with E-state index in [9.17, 15) is 9.59 Å². The molecule has 2 amide bonds. The second-order valence-corrected chi connectivity index (χ2v) is 12.4. The Morgan fingerprint density at radius 2 is 1.69 bits per heavy atom. The highest BCUT2D eigenvalue weighted by Crippen LogP contribution is 2.41.